The highest BCUT2D eigenvalue weighted by Crippen LogP contribution is 2.29. The first-order valence-corrected chi connectivity index (χ1v) is 9.53. The third-order valence-electron chi connectivity index (χ3n) is 4.53. The van der Waals surface area contributed by atoms with Crippen molar-refractivity contribution in [2.24, 2.45) is 0 Å². The molecule has 2 heterocycles. The first-order chi connectivity index (χ1) is 10.1. The van der Waals surface area contributed by atoms with Crippen molar-refractivity contribution in [3.8, 4) is 0 Å². The van der Waals surface area contributed by atoms with Crippen LogP contribution in [0.3, 0.4) is 0 Å². The molecule has 0 spiro atoms. The van der Waals surface area contributed by atoms with Gasteiger partial charge in [0.05, 0.1) is 4.90 Å². The first-order valence-electron chi connectivity index (χ1n) is 7.51. The van der Waals surface area contributed by atoms with E-state index < -0.39 is 10.0 Å². The van der Waals surface area contributed by atoms with Gasteiger partial charge in [0.2, 0.25) is 10.0 Å². The van der Waals surface area contributed by atoms with Crippen LogP contribution in [0.4, 0.5) is 0 Å². The Labute approximate surface area is 131 Å². The second-order valence-electron chi connectivity index (χ2n) is 5.84. The van der Waals surface area contributed by atoms with Crippen LogP contribution in [0.25, 0.3) is 0 Å². The fourth-order valence-electron chi connectivity index (χ4n) is 3.43. The Bertz CT molecular complexity index is 588. The third kappa shape index (κ3) is 3.26. The van der Waals surface area contributed by atoms with E-state index in [2.05, 4.69) is 9.62 Å². The summed E-state index contributed by atoms with van der Waals surface area (Å²) in [4.78, 5) is 2.74. The molecular formula is C15H21ClN2O2S. The summed E-state index contributed by atoms with van der Waals surface area (Å²) in [6.07, 6.45) is 3.95. The molecule has 0 radical (unpaired) electrons. The lowest BCUT2D eigenvalue weighted by Crippen LogP contribution is -2.42. The number of nitrogens with one attached hydrogen (secondary N) is 1. The van der Waals surface area contributed by atoms with Gasteiger partial charge in [-0.25, -0.2) is 13.1 Å². The number of sulfonamides is 1. The number of halogens is 1. The monoisotopic (exact) mass is 328 g/mol. The van der Waals surface area contributed by atoms with Crippen molar-refractivity contribution in [3.05, 3.63) is 29.8 Å². The predicted octanol–water partition coefficient (Wildman–Crippen LogP) is 1.98. The van der Waals surface area contributed by atoms with Crippen LogP contribution < -0.4 is 4.72 Å². The Balaban J connectivity index is 1.71. The van der Waals surface area contributed by atoms with Gasteiger partial charge in [-0.2, -0.15) is 0 Å². The Kier molecular flexibility index (Phi) is 4.54. The molecule has 6 heteroatoms. The highest BCUT2D eigenvalue weighted by molar-refractivity contribution is 7.89. The zero-order chi connectivity index (χ0) is 14.9. The lowest BCUT2D eigenvalue weighted by atomic mass is 10.1. The maximum atomic E-state index is 12.5. The molecule has 2 aliphatic heterocycles. The van der Waals surface area contributed by atoms with Crippen LogP contribution in [0.2, 0.25) is 0 Å². The lowest BCUT2D eigenvalue weighted by molar-refractivity contribution is 0.309. The minimum absolute atomic E-state index is 0.0556. The van der Waals surface area contributed by atoms with E-state index in [4.69, 9.17) is 11.6 Å². The molecule has 2 saturated heterocycles. The smallest absolute Gasteiger partial charge is 0.240 e. The van der Waals surface area contributed by atoms with Crippen molar-refractivity contribution in [3.63, 3.8) is 0 Å². The van der Waals surface area contributed by atoms with E-state index in [-0.39, 0.29) is 6.04 Å². The summed E-state index contributed by atoms with van der Waals surface area (Å²) in [5.74, 6) is 0.546. The molecule has 116 valence electrons. The summed E-state index contributed by atoms with van der Waals surface area (Å²) in [7, 11) is -3.42. The molecule has 0 bridgehead atoms. The second-order valence-corrected chi connectivity index (χ2v) is 7.94. The maximum absolute atomic E-state index is 12.5. The number of hydrogen-bond donors (Lipinski definition) is 1. The van der Waals surface area contributed by atoms with Gasteiger partial charge in [-0.1, -0.05) is 12.1 Å². The van der Waals surface area contributed by atoms with Crippen LogP contribution in [0.15, 0.2) is 29.2 Å². The molecule has 3 rings (SSSR count). The minimum atomic E-state index is -3.42. The van der Waals surface area contributed by atoms with Gasteiger partial charge >= 0.3 is 0 Å². The molecule has 1 aromatic carbocycles. The van der Waals surface area contributed by atoms with Crippen molar-refractivity contribution < 1.29 is 8.42 Å². The average Bonchev–Trinajstić information content (AvgIpc) is 3.05. The normalized spacial score (nSPS) is 26.1. The summed E-state index contributed by atoms with van der Waals surface area (Å²) in [5, 5.41) is 0. The van der Waals surface area contributed by atoms with Gasteiger partial charge in [0.1, 0.15) is 0 Å². The fraction of sp³-hybridized carbons (Fsp3) is 0.600. The number of fused-ring (bicyclic) bond motifs is 1. The molecule has 1 aromatic rings. The van der Waals surface area contributed by atoms with E-state index in [0.717, 1.165) is 37.9 Å². The van der Waals surface area contributed by atoms with Gasteiger partial charge in [0.25, 0.3) is 0 Å². The van der Waals surface area contributed by atoms with Crippen LogP contribution >= 0.6 is 11.6 Å². The summed E-state index contributed by atoms with van der Waals surface area (Å²) in [5.41, 5.74) is 1.06. The van der Waals surface area contributed by atoms with E-state index >= 15 is 0 Å². The highest BCUT2D eigenvalue weighted by atomic mass is 35.5. The van der Waals surface area contributed by atoms with Gasteiger partial charge < -0.3 is 0 Å². The molecule has 2 unspecified atom stereocenters. The lowest BCUT2D eigenvalue weighted by Gasteiger charge is -2.21. The predicted molar refractivity (Wildman–Crippen MR) is 84.2 cm³/mol. The Hall–Kier alpha value is -0.620. The van der Waals surface area contributed by atoms with E-state index in [9.17, 15) is 8.42 Å². The molecule has 0 amide bonds. The standard InChI is InChI=1S/C15H21ClN2O2S/c16-9-7-12-3-5-13(6-4-12)21(19,20)17-14-8-11-18-10-1-2-15(14)18/h3-6,14-15,17H,1-2,7-11H2. The Morgan fingerprint density at radius 1 is 1.19 bits per heavy atom. The molecular weight excluding hydrogens is 308 g/mol. The highest BCUT2D eigenvalue weighted by Gasteiger charge is 2.39. The van der Waals surface area contributed by atoms with Gasteiger partial charge in [-0.15, -0.1) is 11.6 Å². The molecule has 2 atom stereocenters. The molecule has 0 aromatic heterocycles. The maximum Gasteiger partial charge on any atom is 0.240 e. The summed E-state index contributed by atoms with van der Waals surface area (Å²) < 4.78 is 27.9. The zero-order valence-electron chi connectivity index (χ0n) is 12.0. The molecule has 21 heavy (non-hydrogen) atoms. The molecule has 0 saturated carbocycles. The van der Waals surface area contributed by atoms with Crippen molar-refractivity contribution in [2.75, 3.05) is 19.0 Å². The van der Waals surface area contributed by atoms with Gasteiger partial charge in [-0.3, -0.25) is 4.90 Å². The molecule has 1 N–H and O–H groups in total. The summed E-state index contributed by atoms with van der Waals surface area (Å²) in [6.45, 7) is 2.11. The van der Waals surface area contributed by atoms with Gasteiger partial charge in [0, 0.05) is 24.5 Å². The molecule has 4 nitrogen and oxygen atoms in total. The number of hydrogen-bond acceptors (Lipinski definition) is 3. The van der Waals surface area contributed by atoms with E-state index in [1.165, 1.54) is 6.42 Å². The van der Waals surface area contributed by atoms with Crippen molar-refractivity contribution in [1.29, 1.82) is 0 Å². The van der Waals surface area contributed by atoms with Crippen molar-refractivity contribution >= 4 is 21.6 Å². The van der Waals surface area contributed by atoms with E-state index in [1.54, 1.807) is 12.1 Å². The number of rotatable bonds is 5. The average molecular weight is 329 g/mol. The van der Waals surface area contributed by atoms with Crippen LogP contribution in [-0.4, -0.2) is 44.4 Å². The van der Waals surface area contributed by atoms with E-state index in [1.807, 2.05) is 12.1 Å². The molecule has 2 fully saturated rings. The number of alkyl halides is 1. The number of nitrogens with zero attached hydrogens (tertiary/aromatic N) is 1. The Morgan fingerprint density at radius 3 is 2.67 bits per heavy atom. The van der Waals surface area contributed by atoms with E-state index in [0.29, 0.717) is 16.8 Å². The van der Waals surface area contributed by atoms with Crippen LogP contribution in [0, 0.1) is 0 Å². The van der Waals surface area contributed by atoms with Crippen molar-refractivity contribution in [2.45, 2.75) is 42.7 Å². The van der Waals surface area contributed by atoms with Crippen LogP contribution in [0.5, 0.6) is 0 Å². The summed E-state index contributed by atoms with van der Waals surface area (Å²) >= 11 is 5.70. The SMILES string of the molecule is O=S(=O)(NC1CCN2CCCC12)c1ccc(CCCl)cc1. The Morgan fingerprint density at radius 2 is 1.95 bits per heavy atom. The van der Waals surface area contributed by atoms with Gasteiger partial charge in [-0.05, 0) is 49.9 Å². The fourth-order valence-corrected chi connectivity index (χ4v) is 4.95. The molecule has 0 aliphatic carbocycles. The quantitative estimate of drug-likeness (QED) is 0.841. The first kappa shape index (κ1) is 15.3. The van der Waals surface area contributed by atoms with Gasteiger partial charge in [0.15, 0.2) is 0 Å². The topological polar surface area (TPSA) is 49.4 Å². The third-order valence-corrected chi connectivity index (χ3v) is 6.22. The van der Waals surface area contributed by atoms with Crippen LogP contribution in [-0.2, 0) is 16.4 Å². The number of aryl methyl sites for hydroxylation is 1. The summed E-state index contributed by atoms with van der Waals surface area (Å²) in [6, 6.07) is 7.47. The number of benzene rings is 1. The molecule has 2 aliphatic rings. The largest absolute Gasteiger partial charge is 0.299 e. The van der Waals surface area contributed by atoms with Crippen LogP contribution in [0.1, 0.15) is 24.8 Å². The minimum Gasteiger partial charge on any atom is -0.299 e. The zero-order valence-corrected chi connectivity index (χ0v) is 13.5. The second kappa shape index (κ2) is 6.24. The van der Waals surface area contributed by atoms with Crippen molar-refractivity contribution in [1.82, 2.24) is 9.62 Å².